The Balaban J connectivity index is 1.67. The first-order valence-electron chi connectivity index (χ1n) is 8.57. The summed E-state index contributed by atoms with van der Waals surface area (Å²) in [6, 6.07) is 5.59. The molecule has 2 aliphatic heterocycles. The zero-order valence-electron chi connectivity index (χ0n) is 14.5. The van der Waals surface area contributed by atoms with Crippen molar-refractivity contribution in [2.75, 3.05) is 26.7 Å². The molecule has 0 saturated carbocycles. The van der Waals surface area contributed by atoms with Gasteiger partial charge in [-0.25, -0.2) is 9.18 Å². The lowest BCUT2D eigenvalue weighted by Gasteiger charge is -2.40. The molecule has 3 atom stereocenters. The third kappa shape index (κ3) is 3.39. The molecule has 1 aromatic rings. The van der Waals surface area contributed by atoms with E-state index in [0.717, 1.165) is 24.3 Å². The highest BCUT2D eigenvalue weighted by molar-refractivity contribution is 6.06. The molecule has 3 amide bonds. The van der Waals surface area contributed by atoms with Gasteiger partial charge >= 0.3 is 6.03 Å². The van der Waals surface area contributed by atoms with E-state index in [1.165, 1.54) is 19.2 Å². The largest absolute Gasteiger partial charge is 0.387 e. The zero-order valence-corrected chi connectivity index (χ0v) is 14.5. The number of nitrogens with zero attached hydrogens (tertiary/aromatic N) is 2. The van der Waals surface area contributed by atoms with Crippen molar-refractivity contribution in [1.82, 2.24) is 15.1 Å². The van der Waals surface area contributed by atoms with Crippen LogP contribution in [-0.4, -0.2) is 59.1 Å². The summed E-state index contributed by atoms with van der Waals surface area (Å²) in [5.41, 5.74) is -0.368. The van der Waals surface area contributed by atoms with E-state index in [1.54, 1.807) is 19.1 Å². The van der Waals surface area contributed by atoms with Crippen molar-refractivity contribution in [1.29, 1.82) is 0 Å². The number of aliphatic hydroxyl groups excluding tert-OH is 1. The number of imide groups is 1. The molecule has 2 heterocycles. The number of likely N-dealkylation sites (tertiary alicyclic amines) is 1. The monoisotopic (exact) mass is 349 g/mol. The fourth-order valence-electron chi connectivity index (χ4n) is 3.83. The topological polar surface area (TPSA) is 72.9 Å². The van der Waals surface area contributed by atoms with Crippen LogP contribution < -0.4 is 5.32 Å². The van der Waals surface area contributed by atoms with Crippen molar-refractivity contribution in [3.8, 4) is 0 Å². The van der Waals surface area contributed by atoms with Crippen LogP contribution in [0.3, 0.4) is 0 Å². The minimum atomic E-state index is -0.908. The number of hydrogen-bond acceptors (Lipinski definition) is 4. The van der Waals surface area contributed by atoms with Crippen molar-refractivity contribution >= 4 is 11.9 Å². The molecule has 7 heteroatoms. The molecule has 2 fully saturated rings. The van der Waals surface area contributed by atoms with Gasteiger partial charge in [0.15, 0.2) is 0 Å². The molecule has 0 aliphatic carbocycles. The third-order valence-electron chi connectivity index (χ3n) is 5.41. The summed E-state index contributed by atoms with van der Waals surface area (Å²) in [5.74, 6) is -0.611. The van der Waals surface area contributed by atoms with Crippen molar-refractivity contribution < 1.29 is 19.1 Å². The fraction of sp³-hybridized carbons (Fsp3) is 0.556. The standard InChI is InChI=1S/C18H24FN3O3/c1-18(16(24)21(2)17(25)20-18)13-6-4-8-22(10-13)11-15(23)12-5-3-7-14(19)9-12/h3,5,7,9,13,15,23H,4,6,8,10-11H2,1-2H3,(H,20,25)/t13-,15-,18+/m0/s1. The second kappa shape index (κ2) is 6.72. The number of urea groups is 1. The van der Waals surface area contributed by atoms with E-state index >= 15 is 0 Å². The number of amides is 3. The fourth-order valence-corrected chi connectivity index (χ4v) is 3.83. The van der Waals surface area contributed by atoms with E-state index in [9.17, 15) is 19.1 Å². The van der Waals surface area contributed by atoms with Gasteiger partial charge < -0.3 is 15.3 Å². The minimum absolute atomic E-state index is 0.0256. The number of carbonyl (C=O) groups excluding carboxylic acids is 2. The lowest BCUT2D eigenvalue weighted by atomic mass is 9.80. The van der Waals surface area contributed by atoms with Crippen LogP contribution in [0.4, 0.5) is 9.18 Å². The Labute approximate surface area is 146 Å². The Morgan fingerprint density at radius 1 is 1.44 bits per heavy atom. The summed E-state index contributed by atoms with van der Waals surface area (Å²) in [6.07, 6.45) is 0.921. The second-order valence-corrected chi connectivity index (χ2v) is 7.17. The van der Waals surface area contributed by atoms with Gasteiger partial charge in [-0.3, -0.25) is 9.69 Å². The number of aliphatic hydroxyl groups is 1. The van der Waals surface area contributed by atoms with E-state index in [1.807, 2.05) is 0 Å². The Hall–Kier alpha value is -1.99. The lowest BCUT2D eigenvalue weighted by Crippen LogP contribution is -2.56. The molecule has 25 heavy (non-hydrogen) atoms. The van der Waals surface area contributed by atoms with Crippen LogP contribution >= 0.6 is 0 Å². The van der Waals surface area contributed by atoms with Crippen LogP contribution in [-0.2, 0) is 4.79 Å². The zero-order chi connectivity index (χ0) is 18.2. The highest BCUT2D eigenvalue weighted by Crippen LogP contribution is 2.32. The van der Waals surface area contributed by atoms with E-state index in [4.69, 9.17) is 0 Å². The summed E-state index contributed by atoms with van der Waals surface area (Å²) >= 11 is 0. The van der Waals surface area contributed by atoms with Crippen LogP contribution in [0.1, 0.15) is 31.4 Å². The van der Waals surface area contributed by atoms with Gasteiger partial charge in [0.2, 0.25) is 0 Å². The quantitative estimate of drug-likeness (QED) is 0.809. The third-order valence-corrected chi connectivity index (χ3v) is 5.41. The molecule has 6 nitrogen and oxygen atoms in total. The molecule has 1 aromatic carbocycles. The Bertz CT molecular complexity index is 683. The summed E-state index contributed by atoms with van der Waals surface area (Å²) in [6.45, 7) is 3.54. The average Bonchev–Trinajstić information content (AvgIpc) is 2.79. The molecule has 0 bridgehead atoms. The van der Waals surface area contributed by atoms with E-state index in [0.29, 0.717) is 18.7 Å². The number of carbonyl (C=O) groups is 2. The summed E-state index contributed by atoms with van der Waals surface area (Å²) in [4.78, 5) is 27.5. The Kier molecular flexibility index (Phi) is 4.79. The smallest absolute Gasteiger partial charge is 0.324 e. The SMILES string of the molecule is CN1C(=O)N[C@](C)([C@H]2CCCN(C[C@H](O)c3cccc(F)c3)C2)C1=O. The first-order valence-corrected chi connectivity index (χ1v) is 8.57. The number of β-amino-alcohol motifs (C(OH)–C–C–N with tert-alkyl or cyclic N) is 1. The molecule has 2 aliphatic rings. The van der Waals surface area contributed by atoms with Crippen LogP contribution in [0, 0.1) is 11.7 Å². The maximum atomic E-state index is 13.3. The number of halogens is 1. The molecule has 0 unspecified atom stereocenters. The lowest BCUT2D eigenvalue weighted by molar-refractivity contribution is -0.132. The summed E-state index contributed by atoms with van der Waals surface area (Å²) in [7, 11) is 1.48. The van der Waals surface area contributed by atoms with Crippen molar-refractivity contribution in [3.63, 3.8) is 0 Å². The molecule has 2 N–H and O–H groups in total. The van der Waals surface area contributed by atoms with Crippen LogP contribution in [0.25, 0.3) is 0 Å². The molecule has 0 aromatic heterocycles. The van der Waals surface area contributed by atoms with E-state index in [2.05, 4.69) is 10.2 Å². The predicted octanol–water partition coefficient (Wildman–Crippen LogP) is 1.51. The first kappa shape index (κ1) is 17.8. The van der Waals surface area contributed by atoms with Crippen LogP contribution in [0.15, 0.2) is 24.3 Å². The van der Waals surface area contributed by atoms with Crippen LogP contribution in [0.5, 0.6) is 0 Å². The molecule has 0 spiro atoms. The maximum absolute atomic E-state index is 13.3. The predicted molar refractivity (Wildman–Crippen MR) is 90.2 cm³/mol. The maximum Gasteiger partial charge on any atom is 0.324 e. The normalized spacial score (nSPS) is 29.0. The molecule has 3 rings (SSSR count). The highest BCUT2D eigenvalue weighted by atomic mass is 19.1. The molecule has 136 valence electrons. The molecular weight excluding hydrogens is 325 g/mol. The van der Waals surface area contributed by atoms with Crippen LogP contribution in [0.2, 0.25) is 0 Å². The van der Waals surface area contributed by atoms with Gasteiger partial charge in [0.05, 0.1) is 6.10 Å². The van der Waals surface area contributed by atoms with E-state index < -0.39 is 11.6 Å². The van der Waals surface area contributed by atoms with Gasteiger partial charge in [0, 0.05) is 26.1 Å². The second-order valence-electron chi connectivity index (χ2n) is 7.17. The summed E-state index contributed by atoms with van der Waals surface area (Å²) < 4.78 is 13.3. The van der Waals surface area contributed by atoms with Gasteiger partial charge in [-0.05, 0) is 44.0 Å². The first-order chi connectivity index (χ1) is 11.8. The van der Waals surface area contributed by atoms with Gasteiger partial charge in [0.1, 0.15) is 11.4 Å². The minimum Gasteiger partial charge on any atom is -0.387 e. The Morgan fingerprint density at radius 2 is 2.20 bits per heavy atom. The van der Waals surface area contributed by atoms with Gasteiger partial charge in [0.25, 0.3) is 5.91 Å². The van der Waals surface area contributed by atoms with Gasteiger partial charge in [-0.2, -0.15) is 0 Å². The number of likely N-dealkylation sites (N-methyl/N-ethyl adjacent to an activating group) is 1. The average molecular weight is 349 g/mol. The van der Waals surface area contributed by atoms with E-state index in [-0.39, 0.29) is 23.7 Å². The Morgan fingerprint density at radius 3 is 2.84 bits per heavy atom. The van der Waals surface area contributed by atoms with Gasteiger partial charge in [-0.1, -0.05) is 12.1 Å². The van der Waals surface area contributed by atoms with Crippen molar-refractivity contribution in [2.45, 2.75) is 31.4 Å². The molecule has 0 radical (unpaired) electrons. The number of benzene rings is 1. The van der Waals surface area contributed by atoms with Crippen molar-refractivity contribution in [3.05, 3.63) is 35.6 Å². The number of piperidine rings is 1. The molecule has 2 saturated heterocycles. The highest BCUT2D eigenvalue weighted by Gasteiger charge is 2.51. The number of hydrogen-bond donors (Lipinski definition) is 2. The van der Waals surface area contributed by atoms with Crippen molar-refractivity contribution in [2.24, 2.45) is 5.92 Å². The number of rotatable bonds is 4. The van der Waals surface area contributed by atoms with Gasteiger partial charge in [-0.15, -0.1) is 0 Å². The summed E-state index contributed by atoms with van der Waals surface area (Å²) in [5, 5.41) is 13.2. The molecular formula is C18H24FN3O3. The number of nitrogens with one attached hydrogen (secondary N) is 1.